The van der Waals surface area contributed by atoms with Crippen molar-refractivity contribution in [2.24, 2.45) is 17.0 Å². The normalized spacial score (nSPS) is 43.6. The van der Waals surface area contributed by atoms with Crippen LogP contribution in [0.25, 0.3) is 0 Å². The first-order valence-corrected chi connectivity index (χ1v) is 3.08. The van der Waals surface area contributed by atoms with E-state index in [0.29, 0.717) is 18.1 Å². The first kappa shape index (κ1) is 4.97. The Hall–Kier alpha value is -0.860. The molecule has 0 unspecified atom stereocenters. The highest BCUT2D eigenvalue weighted by Crippen LogP contribution is 2.47. The van der Waals surface area contributed by atoms with Gasteiger partial charge in [0.15, 0.2) is 5.78 Å². The number of hydrogen-bond donors (Lipinski definition) is 1. The van der Waals surface area contributed by atoms with Crippen LogP contribution < -0.4 is 0 Å². The van der Waals surface area contributed by atoms with Crippen molar-refractivity contribution in [1.29, 1.82) is 0 Å². The lowest BCUT2D eigenvalue weighted by Crippen LogP contribution is -2.09. The SMILES string of the molecule is O=C1/C(=N/O)C[C@H]2C[C@@H]12. The van der Waals surface area contributed by atoms with Gasteiger partial charge in [-0.1, -0.05) is 5.16 Å². The average Bonchev–Trinajstić information content (AvgIpc) is 2.55. The van der Waals surface area contributed by atoms with Crippen molar-refractivity contribution in [1.82, 2.24) is 0 Å². The van der Waals surface area contributed by atoms with Crippen molar-refractivity contribution < 1.29 is 10.0 Å². The fourth-order valence-electron chi connectivity index (χ4n) is 1.45. The maximum absolute atomic E-state index is 10.9. The summed E-state index contributed by atoms with van der Waals surface area (Å²) in [5.41, 5.74) is 0.385. The summed E-state index contributed by atoms with van der Waals surface area (Å²) in [4.78, 5) is 10.9. The molecule has 0 aliphatic heterocycles. The van der Waals surface area contributed by atoms with Crippen molar-refractivity contribution in [2.75, 3.05) is 0 Å². The zero-order valence-electron chi connectivity index (χ0n) is 4.87. The first-order valence-electron chi connectivity index (χ1n) is 3.08. The van der Waals surface area contributed by atoms with Gasteiger partial charge in [0.25, 0.3) is 0 Å². The van der Waals surface area contributed by atoms with Gasteiger partial charge in [0.05, 0.1) is 0 Å². The van der Waals surface area contributed by atoms with Crippen molar-refractivity contribution in [3.8, 4) is 0 Å². The number of hydrogen-bond acceptors (Lipinski definition) is 3. The molecular formula is C6H7NO2. The van der Waals surface area contributed by atoms with Crippen LogP contribution in [0.5, 0.6) is 0 Å². The highest BCUT2D eigenvalue weighted by Gasteiger charge is 2.51. The van der Waals surface area contributed by atoms with Crippen LogP contribution >= 0.6 is 0 Å². The van der Waals surface area contributed by atoms with Crippen LogP contribution in [0, 0.1) is 11.8 Å². The summed E-state index contributed by atoms with van der Waals surface area (Å²) >= 11 is 0. The number of nitrogens with zero attached hydrogens (tertiary/aromatic N) is 1. The summed E-state index contributed by atoms with van der Waals surface area (Å²) < 4.78 is 0. The minimum absolute atomic E-state index is 0.0718. The van der Waals surface area contributed by atoms with Crippen LogP contribution in [0.1, 0.15) is 12.8 Å². The van der Waals surface area contributed by atoms with Gasteiger partial charge in [-0.25, -0.2) is 0 Å². The second-order valence-electron chi connectivity index (χ2n) is 2.72. The standard InChI is InChI=1S/C6H7NO2/c8-6-4-1-3(4)2-5(6)7-9/h3-4,9H,1-2H2/b7-5+/t3-,4-/m1/s1. The van der Waals surface area contributed by atoms with Gasteiger partial charge in [0, 0.05) is 12.3 Å². The van der Waals surface area contributed by atoms with Crippen molar-refractivity contribution in [3.63, 3.8) is 0 Å². The minimum Gasteiger partial charge on any atom is -0.411 e. The molecule has 2 rings (SSSR count). The van der Waals surface area contributed by atoms with Gasteiger partial charge in [-0.15, -0.1) is 0 Å². The Bertz CT molecular complexity index is 197. The number of Topliss-reactive ketones (excluding diaryl/α,β-unsaturated/α-hetero) is 1. The molecule has 3 nitrogen and oxygen atoms in total. The molecule has 48 valence electrons. The Kier molecular flexibility index (Phi) is 0.743. The predicted octanol–water partition coefficient (Wildman–Crippen LogP) is 0.425. The zero-order chi connectivity index (χ0) is 6.43. The Morgan fingerprint density at radius 2 is 2.44 bits per heavy atom. The van der Waals surface area contributed by atoms with Gasteiger partial charge in [0.2, 0.25) is 0 Å². The molecule has 2 aliphatic carbocycles. The molecule has 0 heterocycles. The van der Waals surface area contributed by atoms with Gasteiger partial charge in [0.1, 0.15) is 5.71 Å². The lowest BCUT2D eigenvalue weighted by atomic mass is 10.2. The molecule has 0 spiro atoms. The first-order chi connectivity index (χ1) is 4.33. The number of fused-ring (bicyclic) bond motifs is 1. The van der Waals surface area contributed by atoms with E-state index in [9.17, 15) is 4.79 Å². The third-order valence-corrected chi connectivity index (χ3v) is 2.12. The van der Waals surface area contributed by atoms with E-state index in [0.717, 1.165) is 6.42 Å². The minimum atomic E-state index is 0.0718. The molecule has 1 N–H and O–H groups in total. The maximum atomic E-state index is 10.9. The van der Waals surface area contributed by atoms with E-state index in [1.807, 2.05) is 0 Å². The molecule has 2 aliphatic rings. The van der Waals surface area contributed by atoms with Gasteiger partial charge < -0.3 is 5.21 Å². The Morgan fingerprint density at radius 1 is 1.67 bits per heavy atom. The smallest absolute Gasteiger partial charge is 0.183 e. The molecule has 0 aromatic carbocycles. The van der Waals surface area contributed by atoms with Gasteiger partial charge >= 0.3 is 0 Å². The Morgan fingerprint density at radius 3 is 2.78 bits per heavy atom. The number of ketones is 1. The molecule has 0 aromatic heterocycles. The fraction of sp³-hybridized carbons (Fsp3) is 0.667. The number of rotatable bonds is 0. The largest absolute Gasteiger partial charge is 0.411 e. The second kappa shape index (κ2) is 1.35. The zero-order valence-corrected chi connectivity index (χ0v) is 4.87. The Labute approximate surface area is 52.4 Å². The van der Waals surface area contributed by atoms with Gasteiger partial charge in [-0.2, -0.15) is 0 Å². The molecule has 3 heteroatoms. The summed E-state index contributed by atoms with van der Waals surface area (Å²) in [5, 5.41) is 11.2. The third kappa shape index (κ3) is 0.515. The van der Waals surface area contributed by atoms with E-state index in [-0.39, 0.29) is 11.7 Å². The fourth-order valence-corrected chi connectivity index (χ4v) is 1.45. The topological polar surface area (TPSA) is 49.7 Å². The van der Waals surface area contributed by atoms with E-state index in [1.165, 1.54) is 0 Å². The second-order valence-corrected chi connectivity index (χ2v) is 2.72. The van der Waals surface area contributed by atoms with Crippen molar-refractivity contribution >= 4 is 11.5 Å². The summed E-state index contributed by atoms with van der Waals surface area (Å²) in [6.07, 6.45) is 1.73. The van der Waals surface area contributed by atoms with E-state index < -0.39 is 0 Å². The summed E-state index contributed by atoms with van der Waals surface area (Å²) in [5.74, 6) is 0.835. The quantitative estimate of drug-likeness (QED) is 0.377. The molecule has 0 saturated heterocycles. The molecular weight excluding hydrogens is 118 g/mol. The molecule has 2 atom stereocenters. The predicted molar refractivity (Wildman–Crippen MR) is 30.4 cm³/mol. The average molecular weight is 125 g/mol. The lowest BCUT2D eigenvalue weighted by molar-refractivity contribution is -0.113. The van der Waals surface area contributed by atoms with Crippen LogP contribution in [0.4, 0.5) is 0 Å². The van der Waals surface area contributed by atoms with E-state index in [1.54, 1.807) is 0 Å². The van der Waals surface area contributed by atoms with Crippen LogP contribution in [-0.2, 0) is 4.79 Å². The maximum Gasteiger partial charge on any atom is 0.183 e. The molecule has 0 aromatic rings. The van der Waals surface area contributed by atoms with Crippen molar-refractivity contribution in [2.45, 2.75) is 12.8 Å². The van der Waals surface area contributed by atoms with E-state index >= 15 is 0 Å². The van der Waals surface area contributed by atoms with Crippen molar-refractivity contribution in [3.05, 3.63) is 0 Å². The van der Waals surface area contributed by atoms with Gasteiger partial charge in [-0.05, 0) is 12.3 Å². The van der Waals surface area contributed by atoms with Crippen LogP contribution in [0.3, 0.4) is 0 Å². The molecule has 2 saturated carbocycles. The molecule has 2 fully saturated rings. The molecule has 9 heavy (non-hydrogen) atoms. The van der Waals surface area contributed by atoms with Crippen LogP contribution in [0.2, 0.25) is 0 Å². The highest BCUT2D eigenvalue weighted by atomic mass is 16.4. The molecule has 0 amide bonds. The highest BCUT2D eigenvalue weighted by molar-refractivity contribution is 6.43. The van der Waals surface area contributed by atoms with E-state index in [4.69, 9.17) is 5.21 Å². The number of carbonyl (C=O) groups excluding carboxylic acids is 1. The number of oxime groups is 1. The van der Waals surface area contributed by atoms with Crippen LogP contribution in [0.15, 0.2) is 5.16 Å². The molecule has 0 bridgehead atoms. The van der Waals surface area contributed by atoms with E-state index in [2.05, 4.69) is 5.16 Å². The monoisotopic (exact) mass is 125 g/mol. The Balaban J connectivity index is 2.26. The lowest BCUT2D eigenvalue weighted by Gasteiger charge is -1.89. The summed E-state index contributed by atoms with van der Waals surface area (Å²) in [7, 11) is 0. The summed E-state index contributed by atoms with van der Waals surface area (Å²) in [6, 6.07) is 0. The number of carbonyl (C=O) groups is 1. The van der Waals surface area contributed by atoms with Crippen LogP contribution in [-0.4, -0.2) is 16.7 Å². The summed E-state index contributed by atoms with van der Waals surface area (Å²) in [6.45, 7) is 0. The molecule has 0 radical (unpaired) electrons. The van der Waals surface area contributed by atoms with Gasteiger partial charge in [-0.3, -0.25) is 4.79 Å². The third-order valence-electron chi connectivity index (χ3n) is 2.12.